The molecule has 0 unspecified atom stereocenters. The summed E-state index contributed by atoms with van der Waals surface area (Å²) >= 11 is 0. The highest BCUT2D eigenvalue weighted by molar-refractivity contribution is 6.29. The van der Waals surface area contributed by atoms with Gasteiger partial charge in [0.1, 0.15) is 0 Å². The number of carbonyl (C=O) groups excluding carboxylic acids is 2. The average molecular weight is 244 g/mol. The van der Waals surface area contributed by atoms with Gasteiger partial charge in [0.05, 0.1) is 13.2 Å². The molecule has 0 radical (unpaired) electrons. The van der Waals surface area contributed by atoms with Crippen LogP contribution >= 0.6 is 0 Å². The highest BCUT2D eigenvalue weighted by Crippen LogP contribution is 2.00. The molecule has 0 aliphatic heterocycles. The Hall–Kier alpha value is -1.06. The molecule has 0 saturated carbocycles. The normalized spacial score (nSPS) is 10.0. The molecule has 0 aliphatic rings. The topological polar surface area (TPSA) is 52.6 Å². The van der Waals surface area contributed by atoms with Crippen LogP contribution in [0.3, 0.4) is 0 Å². The fourth-order valence-corrected chi connectivity index (χ4v) is 1.33. The Morgan fingerprint density at radius 3 is 1.59 bits per heavy atom. The number of hydrogen-bond donors (Lipinski definition) is 0. The molecule has 0 aromatic carbocycles. The molecular weight excluding hydrogens is 220 g/mol. The van der Waals surface area contributed by atoms with Crippen molar-refractivity contribution in [3.8, 4) is 0 Å². The van der Waals surface area contributed by atoms with E-state index in [1.807, 2.05) is 0 Å². The molecule has 0 bridgehead atoms. The Morgan fingerprint density at radius 1 is 0.706 bits per heavy atom. The van der Waals surface area contributed by atoms with Gasteiger partial charge in [0.2, 0.25) is 0 Å². The molecule has 0 rings (SSSR count). The van der Waals surface area contributed by atoms with Gasteiger partial charge in [0.25, 0.3) is 0 Å². The van der Waals surface area contributed by atoms with Crippen LogP contribution in [0, 0.1) is 0 Å². The first kappa shape index (κ1) is 15.9. The van der Waals surface area contributed by atoms with Gasteiger partial charge in [-0.3, -0.25) is 0 Å². The van der Waals surface area contributed by atoms with Crippen molar-refractivity contribution in [3.63, 3.8) is 0 Å². The van der Waals surface area contributed by atoms with Crippen LogP contribution in [0.4, 0.5) is 0 Å². The van der Waals surface area contributed by atoms with Crippen LogP contribution < -0.4 is 0 Å². The fourth-order valence-electron chi connectivity index (χ4n) is 1.33. The maximum atomic E-state index is 11.1. The van der Waals surface area contributed by atoms with Gasteiger partial charge in [0, 0.05) is 0 Å². The van der Waals surface area contributed by atoms with E-state index in [-0.39, 0.29) is 0 Å². The number of hydrogen-bond acceptors (Lipinski definition) is 4. The van der Waals surface area contributed by atoms with E-state index in [9.17, 15) is 9.59 Å². The molecule has 0 atom stereocenters. The second kappa shape index (κ2) is 11.4. The van der Waals surface area contributed by atoms with Crippen molar-refractivity contribution in [2.75, 3.05) is 13.2 Å². The molecule has 0 fully saturated rings. The molecular formula is C13H24O4. The van der Waals surface area contributed by atoms with Gasteiger partial charge in [-0.2, -0.15) is 0 Å². The van der Waals surface area contributed by atoms with E-state index in [1.54, 1.807) is 0 Å². The number of esters is 2. The molecule has 0 aliphatic carbocycles. The summed E-state index contributed by atoms with van der Waals surface area (Å²) in [5.74, 6) is -1.73. The molecule has 0 aromatic heterocycles. The molecule has 0 heterocycles. The van der Waals surface area contributed by atoms with E-state index in [2.05, 4.69) is 13.8 Å². The van der Waals surface area contributed by atoms with Gasteiger partial charge < -0.3 is 9.47 Å². The van der Waals surface area contributed by atoms with Crippen LogP contribution in [0.1, 0.15) is 58.8 Å². The summed E-state index contributed by atoms with van der Waals surface area (Å²) in [6.07, 6.45) is 6.94. The van der Waals surface area contributed by atoms with Crippen LogP contribution in [0.25, 0.3) is 0 Å². The molecule has 0 saturated heterocycles. The van der Waals surface area contributed by atoms with Crippen molar-refractivity contribution in [1.29, 1.82) is 0 Å². The lowest BCUT2D eigenvalue weighted by atomic mass is 10.2. The van der Waals surface area contributed by atoms with Crippen molar-refractivity contribution in [2.45, 2.75) is 58.8 Å². The lowest BCUT2D eigenvalue weighted by molar-refractivity contribution is -0.167. The molecule has 4 heteroatoms. The Kier molecular flexibility index (Phi) is 10.7. The quantitative estimate of drug-likeness (QED) is 0.355. The van der Waals surface area contributed by atoms with Gasteiger partial charge in [0.15, 0.2) is 0 Å². The van der Waals surface area contributed by atoms with E-state index < -0.39 is 11.9 Å². The molecule has 0 aromatic rings. The summed E-state index contributed by atoms with van der Waals surface area (Å²) in [6, 6.07) is 0. The fraction of sp³-hybridized carbons (Fsp3) is 0.846. The smallest absolute Gasteiger partial charge is 0.417 e. The van der Waals surface area contributed by atoms with Gasteiger partial charge in [-0.25, -0.2) is 9.59 Å². The van der Waals surface area contributed by atoms with Gasteiger partial charge >= 0.3 is 11.9 Å². The third-order valence-electron chi connectivity index (χ3n) is 2.38. The van der Waals surface area contributed by atoms with Crippen LogP contribution in [0.5, 0.6) is 0 Å². The summed E-state index contributed by atoms with van der Waals surface area (Å²) in [4.78, 5) is 22.3. The molecule has 0 amide bonds. The van der Waals surface area contributed by atoms with E-state index >= 15 is 0 Å². The Balaban J connectivity index is 3.44. The predicted molar refractivity (Wildman–Crippen MR) is 65.6 cm³/mol. The minimum absolute atomic E-state index is 0.303. The number of ether oxygens (including phenoxy) is 2. The second-order valence-electron chi connectivity index (χ2n) is 4.04. The molecule has 17 heavy (non-hydrogen) atoms. The maximum absolute atomic E-state index is 11.1. The Labute approximate surface area is 104 Å². The van der Waals surface area contributed by atoms with Crippen LogP contribution in [0.2, 0.25) is 0 Å². The zero-order valence-corrected chi connectivity index (χ0v) is 11.0. The average Bonchev–Trinajstić information content (AvgIpc) is 2.34. The lowest BCUT2D eigenvalue weighted by Gasteiger charge is -2.05. The van der Waals surface area contributed by atoms with Crippen LogP contribution in [-0.2, 0) is 19.1 Å². The largest absolute Gasteiger partial charge is 0.457 e. The molecule has 0 N–H and O–H groups in total. The van der Waals surface area contributed by atoms with Crippen molar-refractivity contribution >= 4 is 11.9 Å². The first-order valence-electron chi connectivity index (χ1n) is 6.56. The minimum atomic E-state index is -0.864. The highest BCUT2D eigenvalue weighted by atomic mass is 16.6. The zero-order valence-electron chi connectivity index (χ0n) is 11.0. The predicted octanol–water partition coefficient (Wildman–Crippen LogP) is 2.84. The SMILES string of the molecule is CCCCCCOC(=O)C(=O)OCCCCC. The maximum Gasteiger partial charge on any atom is 0.417 e. The molecule has 4 nitrogen and oxygen atoms in total. The second-order valence-corrected chi connectivity index (χ2v) is 4.04. The van der Waals surface area contributed by atoms with Crippen LogP contribution in [-0.4, -0.2) is 25.2 Å². The van der Waals surface area contributed by atoms with E-state index in [4.69, 9.17) is 9.47 Å². The zero-order chi connectivity index (χ0) is 12.9. The van der Waals surface area contributed by atoms with Crippen molar-refractivity contribution < 1.29 is 19.1 Å². The first-order valence-corrected chi connectivity index (χ1v) is 6.56. The van der Waals surface area contributed by atoms with Gasteiger partial charge in [-0.1, -0.05) is 46.0 Å². The Morgan fingerprint density at radius 2 is 1.12 bits per heavy atom. The van der Waals surface area contributed by atoms with Crippen molar-refractivity contribution in [1.82, 2.24) is 0 Å². The van der Waals surface area contributed by atoms with Crippen molar-refractivity contribution in [3.05, 3.63) is 0 Å². The highest BCUT2D eigenvalue weighted by Gasteiger charge is 2.16. The summed E-state index contributed by atoms with van der Waals surface area (Å²) in [7, 11) is 0. The van der Waals surface area contributed by atoms with E-state index in [1.165, 1.54) is 0 Å². The van der Waals surface area contributed by atoms with Crippen LogP contribution in [0.15, 0.2) is 0 Å². The minimum Gasteiger partial charge on any atom is -0.457 e. The number of carbonyl (C=O) groups is 2. The van der Waals surface area contributed by atoms with Gasteiger partial charge in [-0.05, 0) is 12.8 Å². The Bertz CT molecular complexity index is 213. The first-order chi connectivity index (χ1) is 8.22. The summed E-state index contributed by atoms with van der Waals surface area (Å²) < 4.78 is 9.56. The van der Waals surface area contributed by atoms with E-state index in [0.29, 0.717) is 13.2 Å². The van der Waals surface area contributed by atoms with Crippen molar-refractivity contribution in [2.24, 2.45) is 0 Å². The standard InChI is InChI=1S/C13H24O4/c1-3-5-7-9-11-17-13(15)12(14)16-10-8-6-4-2/h3-11H2,1-2H3. The number of rotatable bonds is 9. The summed E-state index contributed by atoms with van der Waals surface area (Å²) in [5, 5.41) is 0. The number of unbranched alkanes of at least 4 members (excludes halogenated alkanes) is 5. The summed E-state index contributed by atoms with van der Waals surface area (Å²) in [5.41, 5.74) is 0. The van der Waals surface area contributed by atoms with Gasteiger partial charge in [-0.15, -0.1) is 0 Å². The summed E-state index contributed by atoms with van der Waals surface area (Å²) in [6.45, 7) is 4.78. The third kappa shape index (κ3) is 9.85. The lowest BCUT2D eigenvalue weighted by Crippen LogP contribution is -2.21. The molecule has 0 spiro atoms. The third-order valence-corrected chi connectivity index (χ3v) is 2.38. The monoisotopic (exact) mass is 244 g/mol. The van der Waals surface area contributed by atoms with E-state index in [0.717, 1.165) is 44.9 Å². The molecule has 100 valence electrons.